The number of hydrogen-bond donors (Lipinski definition) is 1. The van der Waals surface area contributed by atoms with Gasteiger partial charge in [-0.2, -0.15) is 0 Å². The third-order valence-electron chi connectivity index (χ3n) is 9.33. The first-order valence-electron chi connectivity index (χ1n) is 22.4. The molecular weight excluding hydrogens is 725 g/mol. The van der Waals surface area contributed by atoms with E-state index in [9.17, 15) is 19.0 Å². The number of carbonyl (C=O) groups is 2. The standard InChI is InChI=1S/C46H84NO8P/c1-6-8-10-12-14-16-18-20-22-23-25-26-28-30-32-34-36-38-45(48)52-42-44(43-54-56(50,51)53-41-40-47(3,4)5)55-46(49)39-37-35-33-31-29-27-24-21-19-17-15-13-11-9-7-2/h15,17,21,24-26,30,32,44H,6-14,16,18-20,22-23,27-29,31,33-43H2,1-5H3/p+1/b17-15+,24-21+,26-25+,32-30+/t44-/m1/s1. The van der Waals surface area contributed by atoms with Gasteiger partial charge in [-0.05, 0) is 70.6 Å². The van der Waals surface area contributed by atoms with Gasteiger partial charge in [0.1, 0.15) is 19.8 Å². The number of ether oxygens (including phenoxy) is 2. The molecule has 2 atom stereocenters. The maximum absolute atomic E-state index is 12.7. The average Bonchev–Trinajstić information content (AvgIpc) is 3.15. The number of rotatable bonds is 40. The minimum absolute atomic E-state index is 0.0215. The number of esters is 2. The Balaban J connectivity index is 4.44. The Morgan fingerprint density at radius 3 is 1.50 bits per heavy atom. The SMILES string of the molecule is CCCCC/C=C/C/C=C/CCCCCCCC(=O)O[C@H](COC(=O)CCC/C=C/C/C=C/CCCCCCCCCCC)COP(=O)(O)OCC[N+](C)(C)C. The van der Waals surface area contributed by atoms with Crippen LogP contribution in [0.2, 0.25) is 0 Å². The lowest BCUT2D eigenvalue weighted by Crippen LogP contribution is -2.37. The van der Waals surface area contributed by atoms with E-state index in [1.165, 1.54) is 83.5 Å². The van der Waals surface area contributed by atoms with E-state index in [0.29, 0.717) is 23.9 Å². The van der Waals surface area contributed by atoms with Crippen LogP contribution in [0.4, 0.5) is 0 Å². The fraction of sp³-hybridized carbons (Fsp3) is 0.783. The molecule has 1 N–H and O–H groups in total. The van der Waals surface area contributed by atoms with Crippen LogP contribution in [-0.4, -0.2) is 74.9 Å². The van der Waals surface area contributed by atoms with Gasteiger partial charge < -0.3 is 18.9 Å². The number of hydrogen-bond acceptors (Lipinski definition) is 7. The van der Waals surface area contributed by atoms with Crippen LogP contribution >= 0.6 is 7.82 Å². The number of carbonyl (C=O) groups excluding carboxylic acids is 2. The predicted octanol–water partition coefficient (Wildman–Crippen LogP) is 12.7. The molecule has 0 fully saturated rings. The highest BCUT2D eigenvalue weighted by Crippen LogP contribution is 2.43. The van der Waals surface area contributed by atoms with Gasteiger partial charge >= 0.3 is 19.8 Å². The van der Waals surface area contributed by atoms with E-state index in [1.807, 2.05) is 21.1 Å². The molecule has 326 valence electrons. The van der Waals surface area contributed by atoms with Gasteiger partial charge in [0, 0.05) is 12.8 Å². The molecule has 0 aliphatic heterocycles. The molecule has 0 aliphatic rings. The summed E-state index contributed by atoms with van der Waals surface area (Å²) in [7, 11) is 1.44. The van der Waals surface area contributed by atoms with E-state index in [0.717, 1.165) is 57.8 Å². The Labute approximate surface area is 343 Å². The van der Waals surface area contributed by atoms with Gasteiger partial charge in [-0.1, -0.05) is 146 Å². The number of phosphoric acid groups is 1. The van der Waals surface area contributed by atoms with Crippen molar-refractivity contribution in [3.05, 3.63) is 48.6 Å². The first kappa shape index (κ1) is 54.0. The molecule has 0 rings (SSSR count). The number of likely N-dealkylation sites (N-methyl/N-ethyl adjacent to an activating group) is 1. The summed E-state index contributed by atoms with van der Waals surface area (Å²) in [6.45, 7) is 4.33. The third kappa shape index (κ3) is 41.6. The van der Waals surface area contributed by atoms with Crippen molar-refractivity contribution in [3.8, 4) is 0 Å². The van der Waals surface area contributed by atoms with E-state index >= 15 is 0 Å². The maximum Gasteiger partial charge on any atom is 0.472 e. The highest BCUT2D eigenvalue weighted by atomic mass is 31.2. The van der Waals surface area contributed by atoms with Crippen molar-refractivity contribution in [2.75, 3.05) is 47.5 Å². The Bertz CT molecular complexity index is 1100. The summed E-state index contributed by atoms with van der Waals surface area (Å²) < 4.78 is 34.2. The van der Waals surface area contributed by atoms with Gasteiger partial charge in [0.05, 0.1) is 27.7 Å². The summed E-state index contributed by atoms with van der Waals surface area (Å²) >= 11 is 0. The third-order valence-corrected chi connectivity index (χ3v) is 10.3. The zero-order valence-corrected chi connectivity index (χ0v) is 37.5. The fourth-order valence-electron chi connectivity index (χ4n) is 5.79. The zero-order chi connectivity index (χ0) is 41.4. The second-order valence-electron chi connectivity index (χ2n) is 16.1. The molecule has 0 aromatic heterocycles. The van der Waals surface area contributed by atoms with E-state index < -0.39 is 32.5 Å². The lowest BCUT2D eigenvalue weighted by atomic mass is 10.1. The van der Waals surface area contributed by atoms with E-state index in [4.69, 9.17) is 18.5 Å². The number of quaternary nitrogens is 1. The lowest BCUT2D eigenvalue weighted by Gasteiger charge is -2.24. The first-order chi connectivity index (χ1) is 27.0. The van der Waals surface area contributed by atoms with Crippen LogP contribution < -0.4 is 0 Å². The molecule has 0 aliphatic carbocycles. The lowest BCUT2D eigenvalue weighted by molar-refractivity contribution is -0.870. The van der Waals surface area contributed by atoms with E-state index in [1.54, 1.807) is 0 Å². The molecule has 56 heavy (non-hydrogen) atoms. The summed E-state index contributed by atoms with van der Waals surface area (Å²) in [5.74, 6) is -0.869. The Morgan fingerprint density at radius 2 is 0.982 bits per heavy atom. The molecule has 0 amide bonds. The van der Waals surface area contributed by atoms with Crippen LogP contribution in [0.15, 0.2) is 48.6 Å². The molecule has 0 bridgehead atoms. The second kappa shape index (κ2) is 38.5. The predicted molar refractivity (Wildman–Crippen MR) is 233 cm³/mol. The summed E-state index contributed by atoms with van der Waals surface area (Å²) in [5.41, 5.74) is 0. The molecular formula is C46H85NO8P+. The topological polar surface area (TPSA) is 108 Å². The van der Waals surface area contributed by atoms with Crippen LogP contribution in [0.25, 0.3) is 0 Å². The van der Waals surface area contributed by atoms with Gasteiger partial charge in [-0.3, -0.25) is 18.6 Å². The smallest absolute Gasteiger partial charge is 0.462 e. The summed E-state index contributed by atoms with van der Waals surface area (Å²) in [6.07, 6.45) is 44.5. The van der Waals surface area contributed by atoms with Crippen molar-refractivity contribution in [2.45, 2.75) is 187 Å². The molecule has 1 unspecified atom stereocenters. The molecule has 0 aromatic carbocycles. The fourth-order valence-corrected chi connectivity index (χ4v) is 6.53. The number of phosphoric ester groups is 1. The molecule has 9 nitrogen and oxygen atoms in total. The van der Waals surface area contributed by atoms with E-state index in [-0.39, 0.29) is 26.1 Å². The summed E-state index contributed by atoms with van der Waals surface area (Å²) in [4.78, 5) is 35.3. The van der Waals surface area contributed by atoms with Crippen LogP contribution in [0, 0.1) is 0 Å². The van der Waals surface area contributed by atoms with Crippen molar-refractivity contribution >= 4 is 19.8 Å². The number of allylic oxidation sites excluding steroid dienone is 8. The second-order valence-corrected chi connectivity index (χ2v) is 17.5. The van der Waals surface area contributed by atoms with Crippen LogP contribution in [-0.2, 0) is 32.7 Å². The van der Waals surface area contributed by atoms with Gasteiger partial charge in [0.15, 0.2) is 6.10 Å². The summed E-state index contributed by atoms with van der Waals surface area (Å²) in [6, 6.07) is 0. The van der Waals surface area contributed by atoms with Gasteiger partial charge in [-0.15, -0.1) is 0 Å². The largest absolute Gasteiger partial charge is 0.472 e. The van der Waals surface area contributed by atoms with Crippen LogP contribution in [0.1, 0.15) is 181 Å². The summed E-state index contributed by atoms with van der Waals surface area (Å²) in [5, 5.41) is 0. The molecule has 10 heteroatoms. The van der Waals surface area contributed by atoms with Gasteiger partial charge in [0.2, 0.25) is 0 Å². The number of unbranched alkanes of at least 4 members (excludes halogenated alkanes) is 18. The minimum atomic E-state index is -4.39. The zero-order valence-electron chi connectivity index (χ0n) is 36.6. The van der Waals surface area contributed by atoms with Crippen molar-refractivity contribution in [2.24, 2.45) is 0 Å². The van der Waals surface area contributed by atoms with Crippen LogP contribution in [0.3, 0.4) is 0 Å². The van der Waals surface area contributed by atoms with Crippen molar-refractivity contribution in [3.63, 3.8) is 0 Å². The Morgan fingerprint density at radius 1 is 0.554 bits per heavy atom. The highest BCUT2D eigenvalue weighted by molar-refractivity contribution is 7.47. The van der Waals surface area contributed by atoms with Crippen molar-refractivity contribution in [1.82, 2.24) is 0 Å². The Kier molecular flexibility index (Phi) is 37.1. The quantitative estimate of drug-likeness (QED) is 0.0214. The van der Waals surface area contributed by atoms with E-state index in [2.05, 4.69) is 62.5 Å². The molecule has 0 spiro atoms. The van der Waals surface area contributed by atoms with Gasteiger partial charge in [-0.25, -0.2) is 4.57 Å². The molecule has 0 radical (unpaired) electrons. The normalized spacial score (nSPS) is 14.0. The van der Waals surface area contributed by atoms with Crippen molar-refractivity contribution in [1.29, 1.82) is 0 Å². The molecule has 0 aromatic rings. The monoisotopic (exact) mass is 811 g/mol. The average molecular weight is 811 g/mol. The highest BCUT2D eigenvalue weighted by Gasteiger charge is 2.27. The maximum atomic E-state index is 12.7. The molecule has 0 saturated carbocycles. The van der Waals surface area contributed by atoms with Gasteiger partial charge in [0.25, 0.3) is 0 Å². The number of nitrogens with zero attached hydrogens (tertiary/aromatic N) is 1. The molecule has 0 saturated heterocycles. The Hall–Kier alpha value is -2.03. The first-order valence-corrected chi connectivity index (χ1v) is 23.9. The van der Waals surface area contributed by atoms with Crippen LogP contribution in [0.5, 0.6) is 0 Å². The van der Waals surface area contributed by atoms with Crippen molar-refractivity contribution < 1.29 is 42.1 Å². The minimum Gasteiger partial charge on any atom is -0.462 e. The molecule has 0 heterocycles.